The summed E-state index contributed by atoms with van der Waals surface area (Å²) < 4.78 is 0. The van der Waals surface area contributed by atoms with Gasteiger partial charge in [0.2, 0.25) is 5.91 Å². The molecule has 0 spiro atoms. The van der Waals surface area contributed by atoms with E-state index in [4.69, 9.17) is 11.6 Å². The Labute approximate surface area is 172 Å². The highest BCUT2D eigenvalue weighted by Gasteiger charge is 2.29. The molecule has 2 aliphatic rings. The van der Waals surface area contributed by atoms with Gasteiger partial charge < -0.3 is 10.2 Å². The average Bonchev–Trinajstić information content (AvgIpc) is 3.36. The van der Waals surface area contributed by atoms with Crippen LogP contribution in [0.25, 0.3) is 0 Å². The number of likely N-dealkylation sites (tertiary alicyclic amines) is 1. The standard InChI is InChI=1S/C23H28ClN3O/c1-17-15-18(26-12-4-5-13-26)10-11-21(17)25-23(28)16-27-14-6-9-22(27)19-7-2-3-8-20(19)24/h2-3,7-8,10-11,15,22H,4-6,9,12-14,16H2,1H3,(H,25,28). The van der Waals surface area contributed by atoms with E-state index in [1.54, 1.807) is 0 Å². The first kappa shape index (κ1) is 19.3. The van der Waals surface area contributed by atoms with Gasteiger partial charge in [-0.15, -0.1) is 0 Å². The number of rotatable bonds is 5. The first-order valence-electron chi connectivity index (χ1n) is 10.3. The van der Waals surface area contributed by atoms with Crippen molar-refractivity contribution in [2.75, 3.05) is 36.4 Å². The summed E-state index contributed by atoms with van der Waals surface area (Å²) in [6, 6.07) is 14.5. The van der Waals surface area contributed by atoms with Crippen molar-refractivity contribution in [3.05, 3.63) is 58.6 Å². The normalized spacial score (nSPS) is 19.9. The predicted octanol–water partition coefficient (Wildman–Crippen LogP) is 5.02. The molecule has 1 unspecified atom stereocenters. The topological polar surface area (TPSA) is 35.6 Å². The van der Waals surface area contributed by atoms with Crippen molar-refractivity contribution in [3.8, 4) is 0 Å². The summed E-state index contributed by atoms with van der Waals surface area (Å²) in [5.74, 6) is 0.0379. The third kappa shape index (κ3) is 4.18. The second-order valence-electron chi connectivity index (χ2n) is 7.89. The van der Waals surface area contributed by atoms with Gasteiger partial charge in [0, 0.05) is 35.5 Å². The summed E-state index contributed by atoms with van der Waals surface area (Å²) >= 11 is 6.39. The first-order chi connectivity index (χ1) is 13.6. The van der Waals surface area contributed by atoms with E-state index in [0.717, 1.165) is 54.3 Å². The lowest BCUT2D eigenvalue weighted by molar-refractivity contribution is -0.117. The van der Waals surface area contributed by atoms with Gasteiger partial charge in [-0.1, -0.05) is 29.8 Å². The highest BCUT2D eigenvalue weighted by molar-refractivity contribution is 6.31. The molecule has 0 saturated carbocycles. The smallest absolute Gasteiger partial charge is 0.238 e. The molecule has 2 fully saturated rings. The minimum Gasteiger partial charge on any atom is -0.372 e. The van der Waals surface area contributed by atoms with E-state index >= 15 is 0 Å². The van der Waals surface area contributed by atoms with E-state index in [2.05, 4.69) is 40.2 Å². The third-order valence-electron chi connectivity index (χ3n) is 5.93. The third-order valence-corrected chi connectivity index (χ3v) is 6.27. The van der Waals surface area contributed by atoms with Gasteiger partial charge in [0.05, 0.1) is 6.54 Å². The van der Waals surface area contributed by atoms with Crippen LogP contribution in [0, 0.1) is 6.92 Å². The molecular formula is C23H28ClN3O. The minimum absolute atomic E-state index is 0.0379. The van der Waals surface area contributed by atoms with Gasteiger partial charge in [-0.05, 0) is 74.5 Å². The van der Waals surface area contributed by atoms with Crippen LogP contribution in [-0.2, 0) is 4.79 Å². The number of benzene rings is 2. The zero-order valence-electron chi connectivity index (χ0n) is 16.5. The maximum Gasteiger partial charge on any atom is 0.238 e. The zero-order valence-corrected chi connectivity index (χ0v) is 17.2. The number of hydrogen-bond acceptors (Lipinski definition) is 3. The lowest BCUT2D eigenvalue weighted by atomic mass is 10.0. The molecule has 2 aromatic rings. The maximum absolute atomic E-state index is 12.7. The molecule has 0 radical (unpaired) electrons. The van der Waals surface area contributed by atoms with Crippen LogP contribution in [0.5, 0.6) is 0 Å². The number of anilines is 2. The fraction of sp³-hybridized carbons (Fsp3) is 0.435. The fourth-order valence-corrected chi connectivity index (χ4v) is 4.71. The summed E-state index contributed by atoms with van der Waals surface area (Å²) in [5.41, 5.74) is 4.40. The summed E-state index contributed by atoms with van der Waals surface area (Å²) in [6.07, 6.45) is 4.66. The van der Waals surface area contributed by atoms with Gasteiger partial charge in [0.25, 0.3) is 0 Å². The van der Waals surface area contributed by atoms with Gasteiger partial charge >= 0.3 is 0 Å². The molecule has 2 aromatic carbocycles. The first-order valence-corrected chi connectivity index (χ1v) is 10.6. The van der Waals surface area contributed by atoms with Crippen LogP contribution >= 0.6 is 11.6 Å². The van der Waals surface area contributed by atoms with Crippen molar-refractivity contribution in [3.63, 3.8) is 0 Å². The number of amides is 1. The van der Waals surface area contributed by atoms with Gasteiger partial charge in [-0.2, -0.15) is 0 Å². The van der Waals surface area contributed by atoms with Crippen molar-refractivity contribution in [2.24, 2.45) is 0 Å². The Hall–Kier alpha value is -2.04. The zero-order chi connectivity index (χ0) is 19.5. The molecule has 0 bridgehead atoms. The summed E-state index contributed by atoms with van der Waals surface area (Å²) in [5, 5.41) is 3.89. The molecule has 1 atom stereocenters. The Morgan fingerprint density at radius 2 is 1.89 bits per heavy atom. The van der Waals surface area contributed by atoms with Crippen molar-refractivity contribution >= 4 is 28.9 Å². The number of nitrogens with zero attached hydrogens (tertiary/aromatic N) is 2. The van der Waals surface area contributed by atoms with Crippen molar-refractivity contribution in [2.45, 2.75) is 38.6 Å². The largest absolute Gasteiger partial charge is 0.372 e. The molecule has 1 N–H and O–H groups in total. The Kier molecular flexibility index (Phi) is 5.88. The number of carbonyl (C=O) groups excluding carboxylic acids is 1. The van der Waals surface area contributed by atoms with E-state index in [9.17, 15) is 4.79 Å². The molecule has 1 amide bonds. The Morgan fingerprint density at radius 1 is 1.11 bits per heavy atom. The lowest BCUT2D eigenvalue weighted by Gasteiger charge is -2.25. The van der Waals surface area contributed by atoms with Crippen LogP contribution in [0.4, 0.5) is 11.4 Å². The number of hydrogen-bond donors (Lipinski definition) is 1. The minimum atomic E-state index is 0.0379. The average molecular weight is 398 g/mol. The molecule has 4 rings (SSSR count). The molecule has 0 aromatic heterocycles. The summed E-state index contributed by atoms with van der Waals surface area (Å²) in [6.45, 7) is 5.64. The van der Waals surface area contributed by atoms with E-state index in [-0.39, 0.29) is 11.9 Å². The highest BCUT2D eigenvalue weighted by Crippen LogP contribution is 2.35. The van der Waals surface area contributed by atoms with Gasteiger partial charge in [0.15, 0.2) is 0 Å². The molecule has 148 valence electrons. The van der Waals surface area contributed by atoms with E-state index in [1.165, 1.54) is 18.5 Å². The second kappa shape index (κ2) is 8.54. The maximum atomic E-state index is 12.7. The molecule has 0 aliphatic carbocycles. The van der Waals surface area contributed by atoms with Gasteiger partial charge in [-0.3, -0.25) is 9.69 Å². The number of halogens is 1. The SMILES string of the molecule is Cc1cc(N2CCCC2)ccc1NC(=O)CN1CCCC1c1ccccc1Cl. The van der Waals surface area contributed by atoms with Crippen LogP contribution < -0.4 is 10.2 Å². The van der Waals surface area contributed by atoms with Crippen LogP contribution in [0.3, 0.4) is 0 Å². The molecule has 2 heterocycles. The second-order valence-corrected chi connectivity index (χ2v) is 8.30. The highest BCUT2D eigenvalue weighted by atomic mass is 35.5. The van der Waals surface area contributed by atoms with Crippen LogP contribution in [0.2, 0.25) is 5.02 Å². The molecule has 4 nitrogen and oxygen atoms in total. The van der Waals surface area contributed by atoms with Crippen molar-refractivity contribution < 1.29 is 4.79 Å². The molecule has 5 heteroatoms. The van der Waals surface area contributed by atoms with Crippen LogP contribution in [0.15, 0.2) is 42.5 Å². The fourth-order valence-electron chi connectivity index (χ4n) is 4.45. The van der Waals surface area contributed by atoms with Gasteiger partial charge in [0.1, 0.15) is 0 Å². The quantitative estimate of drug-likeness (QED) is 0.769. The molecular weight excluding hydrogens is 370 g/mol. The van der Waals surface area contributed by atoms with Crippen molar-refractivity contribution in [1.82, 2.24) is 4.90 Å². The monoisotopic (exact) mass is 397 g/mol. The Balaban J connectivity index is 1.40. The molecule has 28 heavy (non-hydrogen) atoms. The Bertz CT molecular complexity index is 847. The number of nitrogens with one attached hydrogen (secondary N) is 1. The summed E-state index contributed by atoms with van der Waals surface area (Å²) in [4.78, 5) is 17.4. The van der Waals surface area contributed by atoms with Crippen LogP contribution in [0.1, 0.15) is 42.9 Å². The molecule has 2 aliphatic heterocycles. The summed E-state index contributed by atoms with van der Waals surface area (Å²) in [7, 11) is 0. The van der Waals surface area contributed by atoms with E-state index in [1.807, 2.05) is 24.3 Å². The lowest BCUT2D eigenvalue weighted by Crippen LogP contribution is -2.33. The number of carbonyl (C=O) groups is 1. The number of aryl methyl sites for hydroxylation is 1. The predicted molar refractivity (Wildman–Crippen MR) is 116 cm³/mol. The van der Waals surface area contributed by atoms with Crippen molar-refractivity contribution in [1.29, 1.82) is 0 Å². The van der Waals surface area contributed by atoms with E-state index < -0.39 is 0 Å². The molecule has 2 saturated heterocycles. The van der Waals surface area contributed by atoms with E-state index in [0.29, 0.717) is 6.54 Å². The van der Waals surface area contributed by atoms with Gasteiger partial charge in [-0.25, -0.2) is 0 Å². The Morgan fingerprint density at radius 3 is 2.64 bits per heavy atom. The van der Waals surface area contributed by atoms with Crippen LogP contribution in [-0.4, -0.2) is 37.0 Å².